The molecule has 0 fully saturated rings. The Morgan fingerprint density at radius 2 is 1.75 bits per heavy atom. The Bertz CT molecular complexity index is 1210. The number of hydrogen-bond acceptors (Lipinski definition) is 7. The Labute approximate surface area is 184 Å². The Balaban J connectivity index is 1.40. The van der Waals surface area contributed by atoms with Crippen LogP contribution in [0.4, 0.5) is 0 Å². The van der Waals surface area contributed by atoms with Gasteiger partial charge in [-0.1, -0.05) is 23.4 Å². The van der Waals surface area contributed by atoms with Crippen molar-refractivity contribution in [2.75, 3.05) is 21.3 Å². The Morgan fingerprint density at radius 3 is 2.44 bits per heavy atom. The van der Waals surface area contributed by atoms with Crippen LogP contribution < -0.4 is 19.5 Å². The number of methoxy groups -OCH3 is 3. The molecule has 0 aliphatic rings. The summed E-state index contributed by atoms with van der Waals surface area (Å²) in [6.07, 6.45) is 3.07. The van der Waals surface area contributed by atoms with Gasteiger partial charge in [0.05, 0.1) is 27.9 Å². The molecule has 2 aromatic heterocycles. The minimum absolute atomic E-state index is 0.210. The smallest absolute Gasteiger partial charge is 0.244 e. The third-order valence-corrected chi connectivity index (χ3v) is 4.79. The van der Waals surface area contributed by atoms with E-state index in [9.17, 15) is 4.79 Å². The highest BCUT2D eigenvalue weighted by atomic mass is 16.5. The zero-order chi connectivity index (χ0) is 22.5. The summed E-state index contributed by atoms with van der Waals surface area (Å²) in [5.74, 6) is 2.30. The molecule has 4 aromatic rings. The number of nitrogens with zero attached hydrogens (tertiary/aromatic N) is 1. The van der Waals surface area contributed by atoms with Crippen LogP contribution >= 0.6 is 0 Å². The van der Waals surface area contributed by atoms with Crippen LogP contribution in [0.15, 0.2) is 63.5 Å². The van der Waals surface area contributed by atoms with Gasteiger partial charge in [-0.25, -0.2) is 0 Å². The number of aromatic nitrogens is 1. The zero-order valence-corrected chi connectivity index (χ0v) is 17.9. The summed E-state index contributed by atoms with van der Waals surface area (Å²) in [6.45, 7) is 0.210. The molecule has 1 N–H and O–H groups in total. The molecule has 8 heteroatoms. The third kappa shape index (κ3) is 4.44. The fraction of sp³-hybridized carbons (Fsp3) is 0.167. The van der Waals surface area contributed by atoms with Crippen molar-refractivity contribution >= 4 is 23.0 Å². The summed E-state index contributed by atoms with van der Waals surface area (Å²) in [6, 6.07) is 14.8. The van der Waals surface area contributed by atoms with Crippen LogP contribution in [0.2, 0.25) is 0 Å². The summed E-state index contributed by atoms with van der Waals surface area (Å²) >= 11 is 0. The number of carbonyl (C=O) groups excluding carboxylic acids is 1. The van der Waals surface area contributed by atoms with Crippen molar-refractivity contribution in [3.8, 4) is 28.8 Å². The van der Waals surface area contributed by atoms with Gasteiger partial charge in [-0.15, -0.1) is 0 Å². The number of nitrogens with one attached hydrogen (secondary N) is 1. The maximum Gasteiger partial charge on any atom is 0.244 e. The van der Waals surface area contributed by atoms with E-state index in [1.165, 1.54) is 27.4 Å². The van der Waals surface area contributed by atoms with Crippen LogP contribution in [0.25, 0.3) is 28.6 Å². The number of amides is 1. The van der Waals surface area contributed by atoms with E-state index in [1.54, 1.807) is 24.3 Å². The van der Waals surface area contributed by atoms with Crippen LogP contribution in [0, 0.1) is 0 Å². The average Bonchev–Trinajstić information content (AvgIpc) is 3.47. The van der Waals surface area contributed by atoms with E-state index in [-0.39, 0.29) is 12.5 Å². The first-order valence-electron chi connectivity index (χ1n) is 9.81. The van der Waals surface area contributed by atoms with Gasteiger partial charge >= 0.3 is 0 Å². The SMILES string of the molecule is COc1cc(C=CC(=O)NCc2cc(-c3cc4ccccc4o3)on2)cc(OC)c1OC. The number of para-hydroxylation sites is 1. The van der Waals surface area contributed by atoms with Gasteiger partial charge in [0, 0.05) is 17.5 Å². The van der Waals surface area contributed by atoms with Crippen molar-refractivity contribution in [2.45, 2.75) is 6.54 Å². The topological polar surface area (TPSA) is 96.0 Å². The molecule has 1 amide bonds. The van der Waals surface area contributed by atoms with Crippen molar-refractivity contribution in [1.82, 2.24) is 10.5 Å². The lowest BCUT2D eigenvalue weighted by molar-refractivity contribution is -0.116. The first-order valence-corrected chi connectivity index (χ1v) is 9.81. The highest BCUT2D eigenvalue weighted by Crippen LogP contribution is 2.38. The van der Waals surface area contributed by atoms with Gasteiger partial charge in [0.2, 0.25) is 17.4 Å². The molecule has 2 aromatic carbocycles. The molecule has 164 valence electrons. The van der Waals surface area contributed by atoms with Gasteiger partial charge < -0.3 is 28.5 Å². The number of ether oxygens (including phenoxy) is 3. The first-order chi connectivity index (χ1) is 15.6. The monoisotopic (exact) mass is 434 g/mol. The summed E-state index contributed by atoms with van der Waals surface area (Å²) in [4.78, 5) is 12.3. The zero-order valence-electron chi connectivity index (χ0n) is 17.9. The second-order valence-corrected chi connectivity index (χ2v) is 6.84. The van der Waals surface area contributed by atoms with Gasteiger partial charge in [0.15, 0.2) is 17.3 Å². The minimum atomic E-state index is -0.285. The highest BCUT2D eigenvalue weighted by Gasteiger charge is 2.13. The molecule has 0 spiro atoms. The van der Waals surface area contributed by atoms with E-state index in [2.05, 4.69) is 10.5 Å². The highest BCUT2D eigenvalue weighted by molar-refractivity contribution is 5.91. The quantitative estimate of drug-likeness (QED) is 0.410. The van der Waals surface area contributed by atoms with Crippen LogP contribution in [-0.2, 0) is 11.3 Å². The Kier molecular flexibility index (Phi) is 6.12. The molecular weight excluding hydrogens is 412 g/mol. The molecular formula is C24H22N2O6. The lowest BCUT2D eigenvalue weighted by atomic mass is 10.1. The first kappa shape index (κ1) is 21.0. The summed E-state index contributed by atoms with van der Waals surface area (Å²) < 4.78 is 27.1. The predicted molar refractivity (Wildman–Crippen MR) is 119 cm³/mol. The van der Waals surface area contributed by atoms with Crippen molar-refractivity contribution in [1.29, 1.82) is 0 Å². The number of furan rings is 1. The maximum atomic E-state index is 12.3. The normalized spacial score (nSPS) is 11.1. The van der Waals surface area contributed by atoms with E-state index in [0.717, 1.165) is 16.5 Å². The molecule has 0 radical (unpaired) electrons. The molecule has 2 heterocycles. The van der Waals surface area contributed by atoms with E-state index in [1.807, 2.05) is 30.3 Å². The van der Waals surface area contributed by atoms with Crippen molar-refractivity contribution in [3.63, 3.8) is 0 Å². The molecule has 0 saturated carbocycles. The molecule has 8 nitrogen and oxygen atoms in total. The molecule has 4 rings (SSSR count). The van der Waals surface area contributed by atoms with Gasteiger partial charge in [0.1, 0.15) is 11.3 Å². The lowest BCUT2D eigenvalue weighted by Crippen LogP contribution is -2.20. The number of hydrogen-bond donors (Lipinski definition) is 1. The number of benzene rings is 2. The van der Waals surface area contributed by atoms with Gasteiger partial charge in [-0.05, 0) is 35.9 Å². The maximum absolute atomic E-state index is 12.3. The van der Waals surface area contributed by atoms with Crippen LogP contribution in [0.3, 0.4) is 0 Å². The fourth-order valence-electron chi connectivity index (χ4n) is 3.22. The summed E-state index contributed by atoms with van der Waals surface area (Å²) in [5.41, 5.74) is 2.07. The molecule has 0 aliphatic heterocycles. The van der Waals surface area contributed by atoms with E-state index in [0.29, 0.717) is 34.5 Å². The fourth-order valence-corrected chi connectivity index (χ4v) is 3.22. The average molecular weight is 434 g/mol. The minimum Gasteiger partial charge on any atom is -0.493 e. The molecule has 0 saturated heterocycles. The van der Waals surface area contributed by atoms with Crippen LogP contribution in [-0.4, -0.2) is 32.4 Å². The second-order valence-electron chi connectivity index (χ2n) is 6.84. The molecule has 32 heavy (non-hydrogen) atoms. The molecule has 0 aliphatic carbocycles. The van der Waals surface area contributed by atoms with Crippen molar-refractivity contribution < 1.29 is 27.9 Å². The lowest BCUT2D eigenvalue weighted by Gasteiger charge is -2.12. The van der Waals surface area contributed by atoms with E-state index in [4.69, 9.17) is 23.2 Å². The molecule has 0 bridgehead atoms. The third-order valence-electron chi connectivity index (χ3n) is 4.79. The predicted octanol–water partition coefficient (Wildman–Crippen LogP) is 4.44. The molecule has 0 unspecified atom stereocenters. The summed E-state index contributed by atoms with van der Waals surface area (Å²) in [7, 11) is 4.61. The Hall–Kier alpha value is -4.20. The second kappa shape index (κ2) is 9.30. The molecule has 0 atom stereocenters. The number of fused-ring (bicyclic) bond motifs is 1. The van der Waals surface area contributed by atoms with Crippen LogP contribution in [0.5, 0.6) is 17.2 Å². The van der Waals surface area contributed by atoms with E-state index < -0.39 is 0 Å². The standard InChI is InChI=1S/C24H22N2O6/c1-28-21-10-15(11-22(29-2)24(21)30-3)8-9-23(27)25-14-17-13-20(32-26-17)19-12-16-6-4-5-7-18(16)31-19/h4-13H,14H2,1-3H3,(H,25,27). The number of rotatable bonds is 8. The van der Waals surface area contributed by atoms with Gasteiger partial charge in [-0.3, -0.25) is 4.79 Å². The summed E-state index contributed by atoms with van der Waals surface area (Å²) in [5, 5.41) is 7.75. The van der Waals surface area contributed by atoms with Crippen molar-refractivity contribution in [2.24, 2.45) is 0 Å². The van der Waals surface area contributed by atoms with Crippen molar-refractivity contribution in [3.05, 3.63) is 65.9 Å². The van der Waals surface area contributed by atoms with E-state index >= 15 is 0 Å². The largest absolute Gasteiger partial charge is 0.493 e. The number of carbonyl (C=O) groups is 1. The Morgan fingerprint density at radius 1 is 1.00 bits per heavy atom. The van der Waals surface area contributed by atoms with Crippen LogP contribution in [0.1, 0.15) is 11.3 Å². The van der Waals surface area contributed by atoms with Gasteiger partial charge in [-0.2, -0.15) is 0 Å². The van der Waals surface area contributed by atoms with Gasteiger partial charge in [0.25, 0.3) is 0 Å².